The minimum Gasteiger partial charge on any atom is -0.335 e. The van der Waals surface area contributed by atoms with Crippen molar-refractivity contribution in [2.24, 2.45) is 0 Å². The molecule has 1 aliphatic rings. The first-order valence-electron chi connectivity index (χ1n) is 7.45. The van der Waals surface area contributed by atoms with Crippen LogP contribution in [0.2, 0.25) is 0 Å². The highest BCUT2D eigenvalue weighted by atomic mass is 16.2. The van der Waals surface area contributed by atoms with Crippen molar-refractivity contribution in [3.8, 4) is 11.4 Å². The molecule has 1 aliphatic heterocycles. The average Bonchev–Trinajstić information content (AvgIpc) is 3.22. The number of benzene rings is 1. The fourth-order valence-electron chi connectivity index (χ4n) is 2.68. The van der Waals surface area contributed by atoms with Gasteiger partial charge in [0.15, 0.2) is 11.5 Å². The van der Waals surface area contributed by atoms with E-state index in [4.69, 9.17) is 0 Å². The lowest BCUT2D eigenvalue weighted by molar-refractivity contribution is 0.0752. The van der Waals surface area contributed by atoms with E-state index < -0.39 is 0 Å². The second kappa shape index (κ2) is 5.64. The van der Waals surface area contributed by atoms with Crippen LogP contribution in [0.4, 0.5) is 0 Å². The number of aromatic nitrogens is 6. The molecule has 3 aromatic rings. The number of H-pyrrole nitrogens is 1. The van der Waals surface area contributed by atoms with Crippen molar-refractivity contribution in [3.63, 3.8) is 0 Å². The van der Waals surface area contributed by atoms with Crippen LogP contribution in [-0.2, 0) is 13.0 Å². The van der Waals surface area contributed by atoms with Crippen LogP contribution in [0.5, 0.6) is 0 Å². The SMILES string of the molecule is O=C(c1cn[nH]n1)N1CCc2nc(-c3ccccc3)nn2CC1. The summed E-state index contributed by atoms with van der Waals surface area (Å²) in [6.45, 7) is 1.80. The summed E-state index contributed by atoms with van der Waals surface area (Å²) in [6.07, 6.45) is 2.11. The Morgan fingerprint density at radius 1 is 1.13 bits per heavy atom. The lowest BCUT2D eigenvalue weighted by Crippen LogP contribution is -2.34. The molecule has 0 spiro atoms. The molecule has 0 aliphatic carbocycles. The van der Waals surface area contributed by atoms with E-state index in [0.717, 1.165) is 17.2 Å². The van der Waals surface area contributed by atoms with E-state index in [9.17, 15) is 4.79 Å². The van der Waals surface area contributed by atoms with E-state index in [1.54, 1.807) is 4.90 Å². The predicted molar refractivity (Wildman–Crippen MR) is 81.4 cm³/mol. The van der Waals surface area contributed by atoms with Crippen LogP contribution in [0.25, 0.3) is 11.4 Å². The lowest BCUT2D eigenvalue weighted by atomic mass is 10.2. The zero-order chi connectivity index (χ0) is 15.6. The van der Waals surface area contributed by atoms with E-state index in [-0.39, 0.29) is 5.91 Å². The van der Waals surface area contributed by atoms with Gasteiger partial charge in [0.05, 0.1) is 12.7 Å². The quantitative estimate of drug-likeness (QED) is 0.754. The third-order valence-corrected chi connectivity index (χ3v) is 3.89. The predicted octanol–water partition coefficient (Wildman–Crippen LogP) is 0.762. The summed E-state index contributed by atoms with van der Waals surface area (Å²) < 4.78 is 1.89. The summed E-state index contributed by atoms with van der Waals surface area (Å²) in [7, 11) is 0. The summed E-state index contributed by atoms with van der Waals surface area (Å²) in [4.78, 5) is 18.7. The Kier molecular flexibility index (Phi) is 3.34. The maximum atomic E-state index is 12.3. The Bertz CT molecular complexity index is 784. The number of hydrogen-bond acceptors (Lipinski definition) is 5. The van der Waals surface area contributed by atoms with Crippen molar-refractivity contribution in [1.29, 1.82) is 0 Å². The molecule has 116 valence electrons. The Labute approximate surface area is 132 Å². The third kappa shape index (κ3) is 2.59. The number of rotatable bonds is 2. The molecule has 8 nitrogen and oxygen atoms in total. The van der Waals surface area contributed by atoms with Crippen molar-refractivity contribution in [2.75, 3.05) is 13.1 Å². The van der Waals surface area contributed by atoms with Gasteiger partial charge in [0.2, 0.25) is 0 Å². The van der Waals surface area contributed by atoms with Gasteiger partial charge < -0.3 is 4.90 Å². The number of aromatic amines is 1. The monoisotopic (exact) mass is 309 g/mol. The fraction of sp³-hybridized carbons (Fsp3) is 0.267. The summed E-state index contributed by atoms with van der Waals surface area (Å²) in [5.41, 5.74) is 1.34. The summed E-state index contributed by atoms with van der Waals surface area (Å²) in [5, 5.41) is 14.6. The summed E-state index contributed by atoms with van der Waals surface area (Å²) >= 11 is 0. The zero-order valence-electron chi connectivity index (χ0n) is 12.4. The van der Waals surface area contributed by atoms with Crippen molar-refractivity contribution >= 4 is 5.91 Å². The zero-order valence-corrected chi connectivity index (χ0v) is 12.4. The van der Waals surface area contributed by atoms with Gasteiger partial charge in [-0.3, -0.25) is 4.79 Å². The standard InChI is InChI=1S/C15H15N7O/c23-15(12-10-16-20-18-12)21-7-6-13-17-14(19-22(13)9-8-21)11-4-2-1-3-5-11/h1-5,10H,6-9H2,(H,16,18,20). The highest BCUT2D eigenvalue weighted by Gasteiger charge is 2.23. The van der Waals surface area contributed by atoms with E-state index in [0.29, 0.717) is 31.7 Å². The Balaban J connectivity index is 1.52. The molecule has 0 bridgehead atoms. The van der Waals surface area contributed by atoms with Crippen LogP contribution in [0.15, 0.2) is 36.5 Å². The molecular weight excluding hydrogens is 294 g/mol. The Morgan fingerprint density at radius 2 is 2.00 bits per heavy atom. The molecule has 0 saturated carbocycles. The molecule has 0 saturated heterocycles. The second-order valence-corrected chi connectivity index (χ2v) is 5.34. The molecule has 0 fully saturated rings. The molecule has 23 heavy (non-hydrogen) atoms. The highest BCUT2D eigenvalue weighted by Crippen LogP contribution is 2.17. The number of hydrogen-bond donors (Lipinski definition) is 1. The highest BCUT2D eigenvalue weighted by molar-refractivity contribution is 5.91. The van der Waals surface area contributed by atoms with Crippen LogP contribution in [-0.4, -0.2) is 54.1 Å². The van der Waals surface area contributed by atoms with E-state index >= 15 is 0 Å². The molecule has 1 amide bonds. The number of carbonyl (C=O) groups excluding carboxylic acids is 1. The van der Waals surface area contributed by atoms with Crippen LogP contribution in [0, 0.1) is 0 Å². The number of nitrogens with one attached hydrogen (secondary N) is 1. The van der Waals surface area contributed by atoms with Gasteiger partial charge in [-0.25, -0.2) is 9.67 Å². The number of carbonyl (C=O) groups is 1. The van der Waals surface area contributed by atoms with Crippen molar-refractivity contribution < 1.29 is 4.79 Å². The lowest BCUT2D eigenvalue weighted by Gasteiger charge is -2.18. The van der Waals surface area contributed by atoms with Crippen LogP contribution < -0.4 is 0 Å². The molecule has 3 heterocycles. The minimum atomic E-state index is -0.118. The molecular formula is C15H15N7O. The first-order chi connectivity index (χ1) is 11.3. The van der Waals surface area contributed by atoms with Gasteiger partial charge in [-0.1, -0.05) is 30.3 Å². The number of fused-ring (bicyclic) bond motifs is 1. The van der Waals surface area contributed by atoms with Gasteiger partial charge >= 0.3 is 0 Å². The first-order valence-corrected chi connectivity index (χ1v) is 7.45. The largest absolute Gasteiger partial charge is 0.335 e. The van der Waals surface area contributed by atoms with Crippen molar-refractivity contribution in [1.82, 2.24) is 35.1 Å². The molecule has 0 radical (unpaired) electrons. The average molecular weight is 309 g/mol. The van der Waals surface area contributed by atoms with E-state index in [1.807, 2.05) is 35.0 Å². The fourth-order valence-corrected chi connectivity index (χ4v) is 2.68. The minimum absolute atomic E-state index is 0.118. The molecule has 4 rings (SSSR count). The maximum absolute atomic E-state index is 12.3. The molecule has 1 aromatic carbocycles. The Morgan fingerprint density at radius 3 is 2.78 bits per heavy atom. The number of amides is 1. The van der Waals surface area contributed by atoms with Crippen LogP contribution in [0.1, 0.15) is 16.3 Å². The third-order valence-electron chi connectivity index (χ3n) is 3.89. The number of nitrogens with zero attached hydrogens (tertiary/aromatic N) is 6. The second-order valence-electron chi connectivity index (χ2n) is 5.34. The Hall–Kier alpha value is -3.03. The molecule has 0 atom stereocenters. The van der Waals surface area contributed by atoms with Crippen LogP contribution in [0.3, 0.4) is 0 Å². The summed E-state index contributed by atoms with van der Waals surface area (Å²) in [5.74, 6) is 1.52. The van der Waals surface area contributed by atoms with Gasteiger partial charge in [0.25, 0.3) is 5.91 Å². The molecule has 1 N–H and O–H groups in total. The maximum Gasteiger partial charge on any atom is 0.276 e. The smallest absolute Gasteiger partial charge is 0.276 e. The first kappa shape index (κ1) is 13.6. The van der Waals surface area contributed by atoms with Gasteiger partial charge in [0.1, 0.15) is 5.82 Å². The van der Waals surface area contributed by atoms with E-state index in [1.165, 1.54) is 6.20 Å². The van der Waals surface area contributed by atoms with E-state index in [2.05, 4.69) is 25.5 Å². The van der Waals surface area contributed by atoms with Gasteiger partial charge in [-0.05, 0) is 0 Å². The molecule has 8 heteroatoms. The molecule has 2 aromatic heterocycles. The van der Waals surface area contributed by atoms with Gasteiger partial charge in [0, 0.05) is 25.1 Å². The normalized spacial score (nSPS) is 14.3. The van der Waals surface area contributed by atoms with Crippen molar-refractivity contribution in [3.05, 3.63) is 48.0 Å². The molecule has 0 unspecified atom stereocenters. The van der Waals surface area contributed by atoms with Crippen molar-refractivity contribution in [2.45, 2.75) is 13.0 Å². The van der Waals surface area contributed by atoms with Crippen LogP contribution >= 0.6 is 0 Å². The summed E-state index contributed by atoms with van der Waals surface area (Å²) in [6, 6.07) is 9.91. The topological polar surface area (TPSA) is 92.6 Å². The van der Waals surface area contributed by atoms with Gasteiger partial charge in [-0.15, -0.1) is 0 Å². The van der Waals surface area contributed by atoms with Gasteiger partial charge in [-0.2, -0.15) is 20.5 Å².